The molecule has 0 saturated carbocycles. The Morgan fingerprint density at radius 1 is 1.20 bits per heavy atom. The number of halogens is 2. The first-order valence-corrected chi connectivity index (χ1v) is 10.0. The molecular formula is C22H16Cl2N2O4. The maximum Gasteiger partial charge on any atom is 0.337 e. The van der Waals surface area contributed by atoms with E-state index >= 15 is 0 Å². The van der Waals surface area contributed by atoms with Gasteiger partial charge in [-0.2, -0.15) is 5.10 Å². The second-order valence-electron chi connectivity index (χ2n) is 7.01. The van der Waals surface area contributed by atoms with Crippen LogP contribution in [0.5, 0.6) is 5.75 Å². The van der Waals surface area contributed by atoms with Crippen molar-refractivity contribution in [1.29, 1.82) is 0 Å². The van der Waals surface area contributed by atoms with Gasteiger partial charge in [0.25, 0.3) is 0 Å². The molecule has 6 nitrogen and oxygen atoms in total. The fourth-order valence-corrected chi connectivity index (χ4v) is 4.38. The summed E-state index contributed by atoms with van der Waals surface area (Å²) in [7, 11) is 1.35. The van der Waals surface area contributed by atoms with Crippen molar-refractivity contribution in [2.45, 2.75) is 18.7 Å². The van der Waals surface area contributed by atoms with Crippen molar-refractivity contribution >= 4 is 34.9 Å². The van der Waals surface area contributed by atoms with Crippen molar-refractivity contribution in [3.8, 4) is 5.75 Å². The van der Waals surface area contributed by atoms with E-state index in [0.717, 1.165) is 16.8 Å². The van der Waals surface area contributed by atoms with E-state index in [0.29, 0.717) is 33.5 Å². The summed E-state index contributed by atoms with van der Waals surface area (Å²) in [5, 5.41) is 7.67. The van der Waals surface area contributed by atoms with Crippen molar-refractivity contribution < 1.29 is 18.7 Å². The van der Waals surface area contributed by atoms with Gasteiger partial charge >= 0.3 is 5.97 Å². The average Bonchev–Trinajstić information content (AvgIpc) is 3.43. The van der Waals surface area contributed by atoms with Crippen molar-refractivity contribution in [1.82, 2.24) is 5.01 Å². The molecular weight excluding hydrogens is 427 g/mol. The minimum Gasteiger partial charge on any atom is -0.465 e. The Morgan fingerprint density at radius 3 is 2.70 bits per heavy atom. The van der Waals surface area contributed by atoms with Gasteiger partial charge < -0.3 is 13.9 Å². The van der Waals surface area contributed by atoms with Crippen molar-refractivity contribution in [2.24, 2.45) is 5.10 Å². The predicted octanol–water partition coefficient (Wildman–Crippen LogP) is 5.62. The summed E-state index contributed by atoms with van der Waals surface area (Å²) in [4.78, 5) is 11.8. The molecule has 0 aliphatic carbocycles. The first-order chi connectivity index (χ1) is 14.5. The highest BCUT2D eigenvalue weighted by molar-refractivity contribution is 6.35. The SMILES string of the molecule is COC(=O)c1ccc([C@@H]2Oc3c(Cl)cc(Cl)cc3[C@@H]3CC(c4ccco4)=NN32)cc1. The molecule has 0 bridgehead atoms. The first-order valence-electron chi connectivity index (χ1n) is 9.28. The molecule has 30 heavy (non-hydrogen) atoms. The Labute approximate surface area is 182 Å². The maximum atomic E-state index is 11.8. The third-order valence-corrected chi connectivity index (χ3v) is 5.73. The van der Waals surface area contributed by atoms with Crippen LogP contribution in [0, 0.1) is 0 Å². The highest BCUT2D eigenvalue weighted by Gasteiger charge is 2.42. The smallest absolute Gasteiger partial charge is 0.337 e. The van der Waals surface area contributed by atoms with Crippen molar-refractivity contribution in [3.63, 3.8) is 0 Å². The van der Waals surface area contributed by atoms with Gasteiger partial charge in [0, 0.05) is 22.6 Å². The molecule has 2 aliphatic heterocycles. The molecule has 0 unspecified atom stereocenters. The van der Waals surface area contributed by atoms with E-state index in [4.69, 9.17) is 42.2 Å². The van der Waals surface area contributed by atoms with Crippen molar-refractivity contribution in [3.05, 3.63) is 87.3 Å². The van der Waals surface area contributed by atoms with E-state index in [1.165, 1.54) is 7.11 Å². The van der Waals surface area contributed by atoms with Gasteiger partial charge in [0.1, 0.15) is 17.2 Å². The number of fused-ring (bicyclic) bond motifs is 3. The van der Waals surface area contributed by atoms with Crippen LogP contribution in [0.1, 0.15) is 45.9 Å². The normalized spacial score (nSPS) is 19.6. The molecule has 3 aromatic rings. The molecule has 2 aliphatic rings. The zero-order valence-electron chi connectivity index (χ0n) is 15.8. The van der Waals surface area contributed by atoms with Gasteiger partial charge in [-0.1, -0.05) is 35.3 Å². The van der Waals surface area contributed by atoms with E-state index in [9.17, 15) is 4.79 Å². The van der Waals surface area contributed by atoms with Crippen molar-refractivity contribution in [2.75, 3.05) is 7.11 Å². The summed E-state index contributed by atoms with van der Waals surface area (Å²) in [6, 6.07) is 14.2. The van der Waals surface area contributed by atoms with E-state index in [-0.39, 0.29) is 6.04 Å². The number of nitrogens with zero attached hydrogens (tertiary/aromatic N) is 2. The van der Waals surface area contributed by atoms with Crippen LogP contribution < -0.4 is 4.74 Å². The van der Waals surface area contributed by atoms with Gasteiger partial charge in [0.05, 0.1) is 30.0 Å². The molecule has 8 heteroatoms. The summed E-state index contributed by atoms with van der Waals surface area (Å²) >= 11 is 12.7. The fraction of sp³-hybridized carbons (Fsp3) is 0.182. The van der Waals surface area contributed by atoms with Crippen LogP contribution in [0.4, 0.5) is 0 Å². The summed E-state index contributed by atoms with van der Waals surface area (Å²) < 4.78 is 16.6. The van der Waals surface area contributed by atoms with Crippen LogP contribution in [0.25, 0.3) is 0 Å². The topological polar surface area (TPSA) is 64.3 Å². The first kappa shape index (κ1) is 19.0. The molecule has 2 atom stereocenters. The minimum atomic E-state index is -0.527. The standard InChI is InChI=1S/C22H16Cl2N2O4/c1-28-22(27)13-6-4-12(5-7-13)21-26-18(11-17(25-26)19-3-2-8-29-19)15-9-14(23)10-16(24)20(15)30-21/h2-10,18,21H,11H2,1H3/t18-,21-/m0/s1. The Kier molecular flexibility index (Phi) is 4.68. The number of furan rings is 1. The predicted molar refractivity (Wildman–Crippen MR) is 112 cm³/mol. The number of carbonyl (C=O) groups excluding carboxylic acids is 1. The molecule has 0 amide bonds. The Morgan fingerprint density at radius 2 is 2.00 bits per heavy atom. The zero-order chi connectivity index (χ0) is 20.8. The average molecular weight is 443 g/mol. The number of benzene rings is 2. The van der Waals surface area contributed by atoms with E-state index in [1.54, 1.807) is 24.5 Å². The lowest BCUT2D eigenvalue weighted by molar-refractivity contribution is -0.0189. The molecule has 0 saturated heterocycles. The highest BCUT2D eigenvalue weighted by Crippen LogP contribution is 2.50. The Balaban J connectivity index is 1.59. The number of esters is 1. The summed E-state index contributed by atoms with van der Waals surface area (Å²) in [5.74, 6) is 0.894. The van der Waals surface area contributed by atoms with Crippen LogP contribution in [-0.2, 0) is 4.74 Å². The molecule has 1 aromatic heterocycles. The second kappa shape index (κ2) is 7.38. The maximum absolute atomic E-state index is 11.8. The van der Waals surface area contributed by atoms with E-state index in [2.05, 4.69) is 0 Å². The van der Waals surface area contributed by atoms with Crippen LogP contribution in [-0.4, -0.2) is 23.8 Å². The second-order valence-corrected chi connectivity index (χ2v) is 7.86. The third kappa shape index (κ3) is 3.13. The third-order valence-electron chi connectivity index (χ3n) is 5.23. The number of hydrazone groups is 1. The van der Waals surface area contributed by atoms with Gasteiger partial charge in [0.2, 0.25) is 6.23 Å². The fourth-order valence-electron chi connectivity index (χ4n) is 3.83. The molecule has 0 spiro atoms. The lowest BCUT2D eigenvalue weighted by atomic mass is 9.97. The molecule has 0 radical (unpaired) electrons. The molecule has 2 aromatic carbocycles. The van der Waals surface area contributed by atoms with Gasteiger partial charge in [0.15, 0.2) is 0 Å². The lowest BCUT2D eigenvalue weighted by Crippen LogP contribution is -2.33. The monoisotopic (exact) mass is 442 g/mol. The largest absolute Gasteiger partial charge is 0.465 e. The Bertz CT molecular complexity index is 1140. The quantitative estimate of drug-likeness (QED) is 0.492. The lowest BCUT2D eigenvalue weighted by Gasteiger charge is -2.38. The van der Waals surface area contributed by atoms with Crippen LogP contribution >= 0.6 is 23.2 Å². The number of ether oxygens (including phenoxy) is 2. The molecule has 0 fully saturated rings. The Hall–Kier alpha value is -2.96. The molecule has 3 heterocycles. The summed E-state index contributed by atoms with van der Waals surface area (Å²) in [5.41, 5.74) is 2.97. The summed E-state index contributed by atoms with van der Waals surface area (Å²) in [6.45, 7) is 0. The molecule has 152 valence electrons. The highest BCUT2D eigenvalue weighted by atomic mass is 35.5. The summed E-state index contributed by atoms with van der Waals surface area (Å²) in [6.07, 6.45) is 1.72. The number of hydrogen-bond acceptors (Lipinski definition) is 6. The minimum absolute atomic E-state index is 0.115. The number of methoxy groups -OCH3 is 1. The zero-order valence-corrected chi connectivity index (χ0v) is 17.4. The van der Waals surface area contributed by atoms with Crippen LogP contribution in [0.2, 0.25) is 10.0 Å². The van der Waals surface area contributed by atoms with Gasteiger partial charge in [-0.15, -0.1) is 0 Å². The van der Waals surface area contributed by atoms with Crippen LogP contribution in [0.3, 0.4) is 0 Å². The number of hydrogen-bond donors (Lipinski definition) is 0. The van der Waals surface area contributed by atoms with Gasteiger partial charge in [-0.25, -0.2) is 9.80 Å². The van der Waals surface area contributed by atoms with E-state index < -0.39 is 12.2 Å². The van der Waals surface area contributed by atoms with Gasteiger partial charge in [-0.05, 0) is 36.4 Å². The molecule has 0 N–H and O–H groups in total. The van der Waals surface area contributed by atoms with Gasteiger partial charge in [-0.3, -0.25) is 0 Å². The number of carbonyl (C=O) groups is 1. The van der Waals surface area contributed by atoms with Crippen LogP contribution in [0.15, 0.2) is 64.3 Å². The molecule has 5 rings (SSSR count). The van der Waals surface area contributed by atoms with E-state index in [1.807, 2.05) is 35.3 Å². The number of rotatable bonds is 3.